The SMILES string of the molecule is CC(NC(c1ccccc1)c1ccccn1)c1ncn[nH]1. The van der Waals surface area contributed by atoms with Gasteiger partial charge in [0.05, 0.1) is 17.8 Å². The van der Waals surface area contributed by atoms with Crippen molar-refractivity contribution in [2.75, 3.05) is 0 Å². The lowest BCUT2D eigenvalue weighted by Crippen LogP contribution is -2.27. The molecule has 5 heteroatoms. The number of aromatic amines is 1. The topological polar surface area (TPSA) is 66.5 Å². The van der Waals surface area contributed by atoms with Gasteiger partial charge in [0.15, 0.2) is 0 Å². The van der Waals surface area contributed by atoms with Crippen LogP contribution in [0, 0.1) is 0 Å². The van der Waals surface area contributed by atoms with Crippen LogP contribution in [0.3, 0.4) is 0 Å². The molecule has 2 aromatic heterocycles. The molecule has 0 spiro atoms. The first-order valence-electron chi connectivity index (χ1n) is 6.92. The second-order valence-electron chi connectivity index (χ2n) is 4.86. The quantitative estimate of drug-likeness (QED) is 0.753. The van der Waals surface area contributed by atoms with Gasteiger partial charge < -0.3 is 0 Å². The van der Waals surface area contributed by atoms with Gasteiger partial charge in [0, 0.05) is 6.20 Å². The zero-order valence-corrected chi connectivity index (χ0v) is 11.8. The highest BCUT2D eigenvalue weighted by Gasteiger charge is 2.19. The molecule has 21 heavy (non-hydrogen) atoms. The molecule has 0 aliphatic heterocycles. The molecule has 2 atom stereocenters. The van der Waals surface area contributed by atoms with Gasteiger partial charge in [0.2, 0.25) is 0 Å². The summed E-state index contributed by atoms with van der Waals surface area (Å²) in [6.45, 7) is 2.05. The van der Waals surface area contributed by atoms with E-state index in [4.69, 9.17) is 0 Å². The van der Waals surface area contributed by atoms with Crippen molar-refractivity contribution in [1.82, 2.24) is 25.5 Å². The van der Waals surface area contributed by atoms with Crippen molar-refractivity contribution in [2.24, 2.45) is 0 Å². The number of pyridine rings is 1. The standard InChI is InChI=1S/C16H17N5/c1-12(16-18-11-19-21-16)20-15(13-7-3-2-4-8-13)14-9-5-6-10-17-14/h2-12,15,20H,1H3,(H,18,19,21). The molecule has 106 valence electrons. The van der Waals surface area contributed by atoms with Crippen LogP contribution in [0.5, 0.6) is 0 Å². The van der Waals surface area contributed by atoms with Gasteiger partial charge in [-0.1, -0.05) is 36.4 Å². The number of hydrogen-bond donors (Lipinski definition) is 2. The van der Waals surface area contributed by atoms with E-state index >= 15 is 0 Å². The van der Waals surface area contributed by atoms with E-state index in [-0.39, 0.29) is 12.1 Å². The molecule has 0 amide bonds. The molecule has 2 unspecified atom stereocenters. The van der Waals surface area contributed by atoms with Crippen LogP contribution in [-0.4, -0.2) is 20.2 Å². The molecule has 0 saturated heterocycles. The first kappa shape index (κ1) is 13.5. The number of rotatable bonds is 5. The number of benzene rings is 1. The van der Waals surface area contributed by atoms with Crippen LogP contribution >= 0.6 is 0 Å². The van der Waals surface area contributed by atoms with Crippen LogP contribution in [0.15, 0.2) is 61.1 Å². The Morgan fingerprint density at radius 1 is 1.00 bits per heavy atom. The van der Waals surface area contributed by atoms with Gasteiger partial charge in [0.25, 0.3) is 0 Å². The largest absolute Gasteiger partial charge is 0.295 e. The fraction of sp³-hybridized carbons (Fsp3) is 0.188. The first-order chi connectivity index (χ1) is 10.3. The third kappa shape index (κ3) is 3.14. The molecule has 0 radical (unpaired) electrons. The number of H-pyrrole nitrogens is 1. The lowest BCUT2D eigenvalue weighted by molar-refractivity contribution is 0.490. The highest BCUT2D eigenvalue weighted by atomic mass is 15.2. The van der Waals surface area contributed by atoms with Gasteiger partial charge in [-0.05, 0) is 24.6 Å². The molecule has 5 nitrogen and oxygen atoms in total. The van der Waals surface area contributed by atoms with E-state index in [0.717, 1.165) is 11.5 Å². The van der Waals surface area contributed by atoms with Crippen molar-refractivity contribution in [3.8, 4) is 0 Å². The summed E-state index contributed by atoms with van der Waals surface area (Å²) in [5, 5.41) is 10.4. The predicted molar refractivity (Wildman–Crippen MR) is 80.5 cm³/mol. The normalized spacial score (nSPS) is 13.8. The van der Waals surface area contributed by atoms with E-state index < -0.39 is 0 Å². The molecular formula is C16H17N5. The average Bonchev–Trinajstić information content (AvgIpc) is 3.09. The molecule has 3 aromatic rings. The molecule has 0 saturated carbocycles. The minimum atomic E-state index is 0.00694. The Hall–Kier alpha value is -2.53. The molecule has 0 bridgehead atoms. The van der Waals surface area contributed by atoms with Crippen molar-refractivity contribution in [3.63, 3.8) is 0 Å². The van der Waals surface area contributed by atoms with Gasteiger partial charge in [-0.3, -0.25) is 15.4 Å². The van der Waals surface area contributed by atoms with Crippen LogP contribution in [0.2, 0.25) is 0 Å². The minimum Gasteiger partial charge on any atom is -0.295 e. The minimum absolute atomic E-state index is 0.00694. The molecule has 3 rings (SSSR count). The Balaban J connectivity index is 1.90. The van der Waals surface area contributed by atoms with E-state index in [0.29, 0.717) is 0 Å². The molecule has 2 heterocycles. The molecule has 0 fully saturated rings. The summed E-state index contributed by atoms with van der Waals surface area (Å²) in [6, 6.07) is 16.3. The van der Waals surface area contributed by atoms with Gasteiger partial charge in [-0.15, -0.1) is 0 Å². The Morgan fingerprint density at radius 3 is 2.48 bits per heavy atom. The highest BCUT2D eigenvalue weighted by molar-refractivity contribution is 5.27. The predicted octanol–water partition coefficient (Wildman–Crippen LogP) is 2.64. The lowest BCUT2D eigenvalue weighted by Gasteiger charge is -2.22. The molecule has 1 aromatic carbocycles. The third-order valence-electron chi connectivity index (χ3n) is 3.38. The van der Waals surface area contributed by atoms with Crippen LogP contribution in [0.25, 0.3) is 0 Å². The molecule has 0 aliphatic rings. The summed E-state index contributed by atoms with van der Waals surface area (Å²) in [4.78, 5) is 8.69. The maximum absolute atomic E-state index is 4.48. The van der Waals surface area contributed by atoms with Crippen molar-refractivity contribution in [1.29, 1.82) is 0 Å². The third-order valence-corrected chi connectivity index (χ3v) is 3.38. The average molecular weight is 279 g/mol. The van der Waals surface area contributed by atoms with Crippen LogP contribution in [0.1, 0.15) is 36.1 Å². The molecular weight excluding hydrogens is 262 g/mol. The summed E-state index contributed by atoms with van der Waals surface area (Å²) in [7, 11) is 0. The fourth-order valence-corrected chi connectivity index (χ4v) is 2.30. The smallest absolute Gasteiger partial charge is 0.141 e. The number of hydrogen-bond acceptors (Lipinski definition) is 4. The second-order valence-corrected chi connectivity index (χ2v) is 4.86. The van der Waals surface area contributed by atoms with E-state index in [9.17, 15) is 0 Å². The Kier molecular flexibility index (Phi) is 4.02. The summed E-state index contributed by atoms with van der Waals surface area (Å²) in [6.07, 6.45) is 3.33. The summed E-state index contributed by atoms with van der Waals surface area (Å²) < 4.78 is 0. The molecule has 2 N–H and O–H groups in total. The fourth-order valence-electron chi connectivity index (χ4n) is 2.30. The monoisotopic (exact) mass is 279 g/mol. The van der Waals surface area contributed by atoms with Crippen LogP contribution in [-0.2, 0) is 0 Å². The van der Waals surface area contributed by atoms with E-state index in [1.807, 2.05) is 42.6 Å². The van der Waals surface area contributed by atoms with Crippen molar-refractivity contribution < 1.29 is 0 Å². The summed E-state index contributed by atoms with van der Waals surface area (Å²) in [5.74, 6) is 0.812. The summed E-state index contributed by atoms with van der Waals surface area (Å²) >= 11 is 0. The lowest BCUT2D eigenvalue weighted by atomic mass is 10.0. The molecule has 0 aliphatic carbocycles. The van der Waals surface area contributed by atoms with Crippen molar-refractivity contribution in [2.45, 2.75) is 19.0 Å². The Morgan fingerprint density at radius 2 is 1.81 bits per heavy atom. The number of nitrogens with one attached hydrogen (secondary N) is 2. The number of aromatic nitrogens is 4. The maximum atomic E-state index is 4.48. The first-order valence-corrected chi connectivity index (χ1v) is 6.92. The van der Waals surface area contributed by atoms with Gasteiger partial charge >= 0.3 is 0 Å². The van der Waals surface area contributed by atoms with Gasteiger partial charge in [-0.25, -0.2) is 4.98 Å². The van der Waals surface area contributed by atoms with Gasteiger partial charge in [0.1, 0.15) is 12.2 Å². The van der Waals surface area contributed by atoms with Gasteiger partial charge in [-0.2, -0.15) is 5.10 Å². The van der Waals surface area contributed by atoms with E-state index in [2.05, 4.69) is 44.5 Å². The Labute approximate surface area is 123 Å². The van der Waals surface area contributed by atoms with Crippen LogP contribution < -0.4 is 5.32 Å². The second kappa shape index (κ2) is 6.28. The Bertz CT molecular complexity index is 612. The van der Waals surface area contributed by atoms with Crippen LogP contribution in [0.4, 0.5) is 0 Å². The number of nitrogens with zero attached hydrogens (tertiary/aromatic N) is 3. The van der Waals surface area contributed by atoms with E-state index in [1.54, 1.807) is 0 Å². The van der Waals surface area contributed by atoms with E-state index in [1.165, 1.54) is 11.9 Å². The highest BCUT2D eigenvalue weighted by Crippen LogP contribution is 2.23. The summed E-state index contributed by atoms with van der Waals surface area (Å²) in [5.41, 5.74) is 2.15. The van der Waals surface area contributed by atoms with Crippen molar-refractivity contribution >= 4 is 0 Å². The zero-order valence-electron chi connectivity index (χ0n) is 11.8. The zero-order chi connectivity index (χ0) is 14.5. The van der Waals surface area contributed by atoms with Crippen molar-refractivity contribution in [3.05, 3.63) is 78.1 Å². The maximum Gasteiger partial charge on any atom is 0.141 e.